The summed E-state index contributed by atoms with van der Waals surface area (Å²) in [5.41, 5.74) is 0. The minimum absolute atomic E-state index is 0.419. The van der Waals surface area contributed by atoms with Crippen molar-refractivity contribution in [2.45, 2.75) is 9.79 Å². The third-order valence-corrected chi connectivity index (χ3v) is 3.51. The molecule has 0 fully saturated rings. The lowest BCUT2D eigenvalue weighted by atomic mass is 10.3. The maximum Gasteiger partial charge on any atom is 0.176 e. The van der Waals surface area contributed by atoms with Crippen LogP contribution < -0.4 is 0 Å². The third-order valence-electron chi connectivity index (χ3n) is 1.59. The molecule has 16 heavy (non-hydrogen) atoms. The summed E-state index contributed by atoms with van der Waals surface area (Å²) in [6, 6.07) is 0.997. The van der Waals surface area contributed by atoms with Crippen LogP contribution in [0.25, 0.3) is 0 Å². The van der Waals surface area contributed by atoms with Crippen molar-refractivity contribution in [3.8, 4) is 11.5 Å². The van der Waals surface area contributed by atoms with Crippen LogP contribution in [0.5, 0.6) is 11.5 Å². The second-order valence-corrected chi connectivity index (χ2v) is 5.33. The SMILES string of the molecule is O=S(=O)([O-])c1ccc(O)c(O)c1S(=O)(=O)[O-]. The van der Waals surface area contributed by atoms with E-state index in [1.165, 1.54) is 0 Å². The van der Waals surface area contributed by atoms with Gasteiger partial charge in [-0.05, 0) is 12.1 Å². The van der Waals surface area contributed by atoms with Crippen LogP contribution in [0.2, 0.25) is 0 Å². The molecule has 1 aromatic rings. The maximum absolute atomic E-state index is 10.6. The Labute approximate surface area is 90.3 Å². The molecule has 0 saturated carbocycles. The second kappa shape index (κ2) is 3.59. The van der Waals surface area contributed by atoms with E-state index in [0.717, 1.165) is 0 Å². The first-order valence-corrected chi connectivity index (χ1v) is 6.33. The van der Waals surface area contributed by atoms with Crippen molar-refractivity contribution < 1.29 is 36.2 Å². The summed E-state index contributed by atoms with van der Waals surface area (Å²) in [5, 5.41) is 17.9. The first-order valence-electron chi connectivity index (χ1n) is 3.52. The lowest BCUT2D eigenvalue weighted by Crippen LogP contribution is -2.09. The van der Waals surface area contributed by atoms with Crippen molar-refractivity contribution in [3.63, 3.8) is 0 Å². The number of benzene rings is 1. The largest absolute Gasteiger partial charge is 0.744 e. The Balaban J connectivity index is 3.88. The Bertz CT molecular complexity index is 627. The van der Waals surface area contributed by atoms with E-state index >= 15 is 0 Å². The zero-order valence-corrected chi connectivity index (χ0v) is 8.95. The average molecular weight is 268 g/mol. The fourth-order valence-corrected chi connectivity index (χ4v) is 2.81. The van der Waals surface area contributed by atoms with Gasteiger partial charge >= 0.3 is 0 Å². The Morgan fingerprint density at radius 2 is 1.44 bits per heavy atom. The topological polar surface area (TPSA) is 155 Å². The molecule has 2 N–H and O–H groups in total. The van der Waals surface area contributed by atoms with Crippen molar-refractivity contribution in [1.82, 2.24) is 0 Å². The molecule has 8 nitrogen and oxygen atoms in total. The van der Waals surface area contributed by atoms with Gasteiger partial charge in [-0.15, -0.1) is 0 Å². The summed E-state index contributed by atoms with van der Waals surface area (Å²) in [4.78, 5) is -3.06. The highest BCUT2D eigenvalue weighted by atomic mass is 32.2. The van der Waals surface area contributed by atoms with Gasteiger partial charge in [-0.1, -0.05) is 0 Å². The number of hydrogen-bond donors (Lipinski definition) is 2. The number of phenols is 2. The highest BCUT2D eigenvalue weighted by molar-refractivity contribution is 7.89. The van der Waals surface area contributed by atoms with Crippen LogP contribution in [0.15, 0.2) is 21.9 Å². The quantitative estimate of drug-likeness (QED) is 0.506. The van der Waals surface area contributed by atoms with Crippen molar-refractivity contribution in [1.29, 1.82) is 0 Å². The van der Waals surface area contributed by atoms with Crippen molar-refractivity contribution >= 4 is 20.2 Å². The van der Waals surface area contributed by atoms with Crippen molar-refractivity contribution in [2.75, 3.05) is 0 Å². The van der Waals surface area contributed by atoms with E-state index in [4.69, 9.17) is 10.2 Å². The van der Waals surface area contributed by atoms with Gasteiger partial charge in [0.15, 0.2) is 11.5 Å². The van der Waals surface area contributed by atoms with Crippen LogP contribution in [0.1, 0.15) is 0 Å². The molecule has 0 heterocycles. The van der Waals surface area contributed by atoms with Crippen LogP contribution in [-0.2, 0) is 20.2 Å². The number of hydrogen-bond acceptors (Lipinski definition) is 8. The van der Waals surface area contributed by atoms with Crippen LogP contribution >= 0.6 is 0 Å². The van der Waals surface area contributed by atoms with E-state index in [1.54, 1.807) is 0 Å². The van der Waals surface area contributed by atoms with E-state index in [9.17, 15) is 25.9 Å². The molecule has 0 aliphatic rings. The smallest absolute Gasteiger partial charge is 0.176 e. The first kappa shape index (κ1) is 12.7. The molecule has 0 aromatic heterocycles. The van der Waals surface area contributed by atoms with Crippen molar-refractivity contribution in [2.24, 2.45) is 0 Å². The lowest BCUT2D eigenvalue weighted by Gasteiger charge is -2.17. The van der Waals surface area contributed by atoms with Crippen molar-refractivity contribution in [3.05, 3.63) is 12.1 Å². The molecule has 90 valence electrons. The zero-order chi connectivity index (χ0) is 12.7. The number of rotatable bonds is 2. The van der Waals surface area contributed by atoms with Crippen LogP contribution in [0.4, 0.5) is 0 Å². The van der Waals surface area contributed by atoms with Gasteiger partial charge < -0.3 is 19.3 Å². The highest BCUT2D eigenvalue weighted by Crippen LogP contribution is 2.36. The molecular formula is C6H4O8S2-2. The molecule has 0 aliphatic carbocycles. The Kier molecular flexibility index (Phi) is 2.85. The summed E-state index contributed by atoms with van der Waals surface area (Å²) in [5.74, 6) is -2.49. The zero-order valence-electron chi connectivity index (χ0n) is 7.32. The maximum atomic E-state index is 10.6. The summed E-state index contributed by atoms with van der Waals surface area (Å²) >= 11 is 0. The summed E-state index contributed by atoms with van der Waals surface area (Å²) < 4.78 is 63.8. The van der Waals surface area contributed by atoms with Gasteiger partial charge in [0.25, 0.3) is 0 Å². The van der Waals surface area contributed by atoms with E-state index in [1.807, 2.05) is 0 Å². The molecule has 0 amide bonds. The second-order valence-electron chi connectivity index (χ2n) is 2.67. The standard InChI is InChI=1S/C6H6O8S2/c7-3-1-2-4(15(9,10)11)6(5(3)8)16(12,13)14/h1-2,7-8H,(H,9,10,11)(H,12,13,14)/p-2. The fraction of sp³-hybridized carbons (Fsp3) is 0. The highest BCUT2D eigenvalue weighted by Gasteiger charge is 2.21. The van der Waals surface area contributed by atoms with Gasteiger partial charge in [-0.2, -0.15) is 0 Å². The predicted octanol–water partition coefficient (Wildman–Crippen LogP) is -1.09. The molecular weight excluding hydrogens is 264 g/mol. The third kappa shape index (κ3) is 2.24. The van der Waals surface area contributed by atoms with Gasteiger partial charge in [0.1, 0.15) is 25.1 Å². The van der Waals surface area contributed by atoms with Gasteiger partial charge in [0, 0.05) is 0 Å². The average Bonchev–Trinajstić information content (AvgIpc) is 2.05. The normalized spacial score (nSPS) is 12.6. The van der Waals surface area contributed by atoms with E-state index in [2.05, 4.69) is 0 Å². The van der Waals surface area contributed by atoms with Crippen LogP contribution in [0, 0.1) is 0 Å². The Morgan fingerprint density at radius 3 is 1.81 bits per heavy atom. The van der Waals surface area contributed by atoms with Gasteiger partial charge in [-0.3, -0.25) is 0 Å². The summed E-state index contributed by atoms with van der Waals surface area (Å²) in [6.45, 7) is 0. The fourth-order valence-electron chi connectivity index (χ4n) is 0.981. The van der Waals surface area contributed by atoms with E-state index in [0.29, 0.717) is 12.1 Å². The molecule has 0 spiro atoms. The molecule has 0 atom stereocenters. The monoisotopic (exact) mass is 268 g/mol. The van der Waals surface area contributed by atoms with Crippen LogP contribution in [-0.4, -0.2) is 36.2 Å². The summed E-state index contributed by atoms with van der Waals surface area (Å²) in [6.07, 6.45) is 0. The molecule has 0 unspecified atom stereocenters. The molecule has 0 aliphatic heterocycles. The Hall–Kier alpha value is -1.36. The van der Waals surface area contributed by atoms with E-state index in [-0.39, 0.29) is 0 Å². The lowest BCUT2D eigenvalue weighted by molar-refractivity contribution is 0.380. The van der Waals surface area contributed by atoms with Crippen LogP contribution in [0.3, 0.4) is 0 Å². The molecule has 0 radical (unpaired) electrons. The van der Waals surface area contributed by atoms with E-state index < -0.39 is 41.5 Å². The molecule has 1 rings (SSSR count). The van der Waals surface area contributed by atoms with Gasteiger partial charge in [0.05, 0.1) is 4.90 Å². The molecule has 10 heteroatoms. The first-order chi connectivity index (χ1) is 7.05. The molecule has 0 saturated heterocycles. The minimum atomic E-state index is -5.41. The molecule has 0 bridgehead atoms. The number of aromatic hydroxyl groups is 2. The number of phenolic OH excluding ortho intramolecular Hbond substituents is 2. The predicted molar refractivity (Wildman–Crippen MR) is 45.7 cm³/mol. The Morgan fingerprint density at radius 1 is 0.938 bits per heavy atom. The minimum Gasteiger partial charge on any atom is -0.744 e. The van der Waals surface area contributed by atoms with Gasteiger partial charge in [0.2, 0.25) is 0 Å². The van der Waals surface area contributed by atoms with Gasteiger partial charge in [-0.25, -0.2) is 16.8 Å². The summed E-state index contributed by atoms with van der Waals surface area (Å²) in [7, 11) is -10.7. The molecule has 1 aromatic carbocycles.